The zero-order valence-corrected chi connectivity index (χ0v) is 16.4. The summed E-state index contributed by atoms with van der Waals surface area (Å²) in [5.74, 6) is -1.47. The summed E-state index contributed by atoms with van der Waals surface area (Å²) in [5.41, 5.74) is 1.75. The maximum Gasteiger partial charge on any atom is 0.412 e. The molecule has 6 nitrogen and oxygen atoms in total. The Balaban J connectivity index is 1.49. The number of hydrogen-bond acceptors (Lipinski definition) is 4. The van der Waals surface area contributed by atoms with Gasteiger partial charge in [-0.05, 0) is 35.2 Å². The summed E-state index contributed by atoms with van der Waals surface area (Å²) in [5, 5.41) is 4.41. The summed E-state index contributed by atoms with van der Waals surface area (Å²) >= 11 is 0. The zero-order valence-electron chi connectivity index (χ0n) is 16.4. The topological polar surface area (TPSA) is 78.5 Å². The van der Waals surface area contributed by atoms with Gasteiger partial charge in [-0.3, -0.25) is 24.6 Å². The lowest BCUT2D eigenvalue weighted by molar-refractivity contribution is -0.155. The second-order valence-electron chi connectivity index (χ2n) is 7.71. The number of benzene rings is 2. The first-order valence-electron chi connectivity index (χ1n) is 9.84. The van der Waals surface area contributed by atoms with Crippen LogP contribution in [-0.4, -0.2) is 34.8 Å². The third kappa shape index (κ3) is 4.46. The lowest BCUT2D eigenvalue weighted by Gasteiger charge is -2.29. The molecule has 9 heteroatoms. The molecule has 2 aliphatic rings. The Kier molecular flexibility index (Phi) is 5.53. The van der Waals surface area contributed by atoms with E-state index in [1.165, 1.54) is 30.3 Å². The summed E-state index contributed by atoms with van der Waals surface area (Å²) in [6, 6.07) is 9.39. The highest BCUT2D eigenvalue weighted by Crippen LogP contribution is 2.33. The van der Waals surface area contributed by atoms with E-state index in [0.29, 0.717) is 19.5 Å². The molecule has 162 valence electrons. The molecule has 0 spiro atoms. The number of piperidine rings is 1. The Labute approximate surface area is 176 Å². The van der Waals surface area contributed by atoms with Crippen LogP contribution in [0.3, 0.4) is 0 Å². The Hall–Kier alpha value is -3.20. The SMILES string of the molecule is O=C1CC[C@@H](N2Cc3ccc(C(=O)N[C@H](c4ccccc4)C(F)(F)F)cc3C2)C(=O)N1. The van der Waals surface area contributed by atoms with Crippen molar-refractivity contribution in [2.45, 2.75) is 44.2 Å². The van der Waals surface area contributed by atoms with Crippen molar-refractivity contribution in [1.82, 2.24) is 15.5 Å². The van der Waals surface area contributed by atoms with Crippen molar-refractivity contribution in [3.8, 4) is 0 Å². The minimum Gasteiger partial charge on any atom is -0.337 e. The van der Waals surface area contributed by atoms with Crippen LogP contribution in [0.15, 0.2) is 48.5 Å². The van der Waals surface area contributed by atoms with Gasteiger partial charge in [-0.1, -0.05) is 36.4 Å². The van der Waals surface area contributed by atoms with E-state index in [0.717, 1.165) is 11.1 Å². The van der Waals surface area contributed by atoms with E-state index < -0.39 is 24.2 Å². The van der Waals surface area contributed by atoms with Crippen LogP contribution in [0, 0.1) is 0 Å². The minimum atomic E-state index is -4.64. The van der Waals surface area contributed by atoms with E-state index in [2.05, 4.69) is 10.6 Å². The van der Waals surface area contributed by atoms with Crippen molar-refractivity contribution in [3.05, 3.63) is 70.8 Å². The normalized spacial score (nSPS) is 20.2. The van der Waals surface area contributed by atoms with Gasteiger partial charge >= 0.3 is 6.18 Å². The van der Waals surface area contributed by atoms with Gasteiger partial charge in [0.2, 0.25) is 11.8 Å². The first-order chi connectivity index (χ1) is 14.7. The summed E-state index contributed by atoms with van der Waals surface area (Å²) in [6.07, 6.45) is -3.97. The summed E-state index contributed by atoms with van der Waals surface area (Å²) < 4.78 is 40.6. The highest BCUT2D eigenvalue weighted by molar-refractivity contribution is 6.00. The fourth-order valence-electron chi connectivity index (χ4n) is 4.03. The van der Waals surface area contributed by atoms with Crippen molar-refractivity contribution in [2.24, 2.45) is 0 Å². The molecule has 0 saturated carbocycles. The number of hydrogen-bond donors (Lipinski definition) is 2. The van der Waals surface area contributed by atoms with Crippen LogP contribution in [0.2, 0.25) is 0 Å². The summed E-state index contributed by atoms with van der Waals surface area (Å²) in [4.78, 5) is 38.0. The third-order valence-electron chi connectivity index (χ3n) is 5.60. The monoisotopic (exact) mass is 431 g/mol. The lowest BCUT2D eigenvalue weighted by atomic mass is 10.0. The van der Waals surface area contributed by atoms with Crippen LogP contribution < -0.4 is 10.6 Å². The zero-order chi connectivity index (χ0) is 22.2. The molecule has 0 aliphatic carbocycles. The van der Waals surface area contributed by atoms with E-state index in [-0.39, 0.29) is 29.4 Å². The number of carbonyl (C=O) groups excluding carboxylic acids is 3. The standard InChI is InChI=1S/C22H20F3N3O3/c23-22(24,25)19(13-4-2-1-3-5-13)27-20(30)14-6-7-15-11-28(12-16(15)10-14)17-8-9-18(29)26-21(17)31/h1-7,10,17,19H,8-9,11-12H2,(H,27,30)(H,26,29,31)/t17-,19-/m1/s1. The predicted molar refractivity (Wildman–Crippen MR) is 105 cm³/mol. The Morgan fingerprint density at radius 2 is 1.77 bits per heavy atom. The van der Waals surface area contributed by atoms with Crippen molar-refractivity contribution < 1.29 is 27.6 Å². The molecule has 1 fully saturated rings. The number of fused-ring (bicyclic) bond motifs is 1. The van der Waals surface area contributed by atoms with Gasteiger partial charge in [-0.15, -0.1) is 0 Å². The van der Waals surface area contributed by atoms with E-state index in [9.17, 15) is 27.6 Å². The summed E-state index contributed by atoms with van der Waals surface area (Å²) in [7, 11) is 0. The molecule has 31 heavy (non-hydrogen) atoms. The number of imide groups is 1. The van der Waals surface area contributed by atoms with Crippen LogP contribution in [-0.2, 0) is 22.7 Å². The van der Waals surface area contributed by atoms with Gasteiger partial charge in [0.25, 0.3) is 5.91 Å². The quantitative estimate of drug-likeness (QED) is 0.730. The number of nitrogens with zero attached hydrogens (tertiary/aromatic N) is 1. The van der Waals surface area contributed by atoms with Crippen LogP contribution >= 0.6 is 0 Å². The van der Waals surface area contributed by atoms with Gasteiger partial charge < -0.3 is 5.32 Å². The average molecular weight is 431 g/mol. The Bertz CT molecular complexity index is 1020. The maximum absolute atomic E-state index is 13.5. The predicted octanol–water partition coefficient (Wildman–Crippen LogP) is 2.84. The number of halogens is 3. The first-order valence-corrected chi connectivity index (χ1v) is 9.84. The molecule has 1 saturated heterocycles. The molecule has 0 aromatic heterocycles. The third-order valence-corrected chi connectivity index (χ3v) is 5.60. The van der Waals surface area contributed by atoms with Crippen LogP contribution in [0.5, 0.6) is 0 Å². The average Bonchev–Trinajstić information content (AvgIpc) is 3.14. The largest absolute Gasteiger partial charge is 0.412 e. The minimum absolute atomic E-state index is 0.0476. The van der Waals surface area contributed by atoms with Gasteiger partial charge in [0, 0.05) is 25.1 Å². The number of amides is 3. The second kappa shape index (κ2) is 8.14. The molecule has 3 amide bonds. The second-order valence-corrected chi connectivity index (χ2v) is 7.71. The molecule has 0 radical (unpaired) electrons. The fourth-order valence-corrected chi connectivity index (χ4v) is 4.03. The van der Waals surface area contributed by atoms with Crippen molar-refractivity contribution in [1.29, 1.82) is 0 Å². The molecule has 2 aromatic carbocycles. The van der Waals surface area contributed by atoms with Crippen LogP contribution in [0.4, 0.5) is 13.2 Å². The van der Waals surface area contributed by atoms with Crippen molar-refractivity contribution in [3.63, 3.8) is 0 Å². The molecule has 4 rings (SSSR count). The van der Waals surface area contributed by atoms with E-state index in [1.807, 2.05) is 4.90 Å². The first kappa shape index (κ1) is 21.0. The number of carbonyl (C=O) groups is 3. The fraction of sp³-hybridized carbons (Fsp3) is 0.318. The van der Waals surface area contributed by atoms with Crippen LogP contribution in [0.1, 0.15) is 45.9 Å². The van der Waals surface area contributed by atoms with E-state index in [4.69, 9.17) is 0 Å². The molecular weight excluding hydrogens is 411 g/mol. The Morgan fingerprint density at radius 1 is 1.06 bits per heavy atom. The van der Waals surface area contributed by atoms with Gasteiger partial charge in [-0.25, -0.2) is 0 Å². The molecule has 2 N–H and O–H groups in total. The van der Waals surface area contributed by atoms with Gasteiger partial charge in [0.15, 0.2) is 6.04 Å². The maximum atomic E-state index is 13.5. The molecule has 2 heterocycles. The van der Waals surface area contributed by atoms with Crippen molar-refractivity contribution >= 4 is 17.7 Å². The van der Waals surface area contributed by atoms with E-state index in [1.54, 1.807) is 18.2 Å². The molecule has 0 bridgehead atoms. The highest BCUT2D eigenvalue weighted by atomic mass is 19.4. The number of rotatable bonds is 4. The smallest absolute Gasteiger partial charge is 0.337 e. The van der Waals surface area contributed by atoms with Crippen molar-refractivity contribution in [2.75, 3.05) is 0 Å². The molecule has 0 unspecified atom stereocenters. The lowest BCUT2D eigenvalue weighted by Crippen LogP contribution is -2.50. The number of nitrogens with one attached hydrogen (secondary N) is 2. The molecular formula is C22H20F3N3O3. The number of alkyl halides is 3. The molecule has 2 atom stereocenters. The van der Waals surface area contributed by atoms with Gasteiger partial charge in [0.05, 0.1) is 6.04 Å². The Morgan fingerprint density at radius 3 is 2.45 bits per heavy atom. The van der Waals surface area contributed by atoms with Gasteiger partial charge in [-0.2, -0.15) is 13.2 Å². The van der Waals surface area contributed by atoms with Gasteiger partial charge in [0.1, 0.15) is 0 Å². The molecule has 2 aromatic rings. The van der Waals surface area contributed by atoms with E-state index >= 15 is 0 Å². The summed E-state index contributed by atoms with van der Waals surface area (Å²) in [6.45, 7) is 0.850. The molecule has 2 aliphatic heterocycles. The van der Waals surface area contributed by atoms with Crippen LogP contribution in [0.25, 0.3) is 0 Å². The highest BCUT2D eigenvalue weighted by Gasteiger charge is 2.42.